The molecule has 0 saturated carbocycles. The molecule has 0 saturated heterocycles. The highest BCUT2D eigenvalue weighted by molar-refractivity contribution is 6.26. The second-order valence-electron chi connectivity index (χ2n) is 18.6. The Bertz CT molecular complexity index is 4180. The molecule has 0 aliphatic heterocycles. The van der Waals surface area contributed by atoms with Gasteiger partial charge in [-0.15, -0.1) is 0 Å². The zero-order chi connectivity index (χ0) is 43.8. The maximum Gasteiger partial charge on any atom is 0.0731 e. The van der Waals surface area contributed by atoms with E-state index in [2.05, 4.69) is 243 Å². The van der Waals surface area contributed by atoms with Gasteiger partial charge in [-0.1, -0.05) is 212 Å². The van der Waals surface area contributed by atoms with Crippen molar-refractivity contribution in [3.63, 3.8) is 0 Å². The van der Waals surface area contributed by atoms with E-state index in [0.717, 1.165) is 0 Å². The predicted octanol–water partition coefficient (Wildman–Crippen LogP) is 18.0. The Morgan fingerprint density at radius 1 is 0.209 bits per heavy atom. The summed E-state index contributed by atoms with van der Waals surface area (Å²) in [6, 6.07) is 91.5. The Morgan fingerprint density at radius 3 is 1.42 bits per heavy atom. The van der Waals surface area contributed by atoms with Gasteiger partial charge < -0.3 is 0 Å². The van der Waals surface area contributed by atoms with Crippen LogP contribution in [-0.2, 0) is 5.41 Å². The minimum Gasteiger partial charge on any atom is -0.0619 e. The fourth-order valence-electron chi connectivity index (χ4n) is 12.7. The smallest absolute Gasteiger partial charge is 0.0619 e. The highest BCUT2D eigenvalue weighted by atomic mass is 14.5. The number of hydrogen-bond donors (Lipinski definition) is 0. The Hall–Kier alpha value is -8.58. The van der Waals surface area contributed by atoms with E-state index in [1.807, 2.05) is 0 Å². The normalized spacial score (nSPS) is 13.2. The van der Waals surface area contributed by atoms with Crippen LogP contribution in [0.25, 0.3) is 120 Å². The van der Waals surface area contributed by atoms with Gasteiger partial charge in [0.25, 0.3) is 0 Å². The van der Waals surface area contributed by atoms with Gasteiger partial charge in [-0.2, -0.15) is 0 Å². The first-order chi connectivity index (χ1) is 33.2. The zero-order valence-electron chi connectivity index (χ0n) is 36.6. The molecule has 0 N–H and O–H groups in total. The van der Waals surface area contributed by atoms with Crippen LogP contribution in [0.4, 0.5) is 0 Å². The maximum absolute atomic E-state index is 2.49. The van der Waals surface area contributed by atoms with Crippen molar-refractivity contribution in [3.05, 3.63) is 265 Å². The standard InChI is InChI=1S/C67H40/c1-2-17-43-40-63-59(38-42(43)16-1)58-35-33-46-36-44(32-34-49(46)66(58)67(63)61-30-13-11-24-52(61)53-25-12-14-31-62(53)67)41-19-15-20-47(37-41)64-54-26-7-9-28-56(54)65(57-29-10-8-27-55(57)64)60-39-45-18-3-4-21-48(45)50-22-5-6-23-51(50)60/h1-40H. The molecule has 0 nitrogen and oxygen atoms in total. The van der Waals surface area contributed by atoms with Crippen LogP contribution < -0.4 is 0 Å². The van der Waals surface area contributed by atoms with Gasteiger partial charge in [-0.05, 0) is 173 Å². The lowest BCUT2D eigenvalue weighted by Gasteiger charge is -2.31. The summed E-state index contributed by atoms with van der Waals surface area (Å²) in [7, 11) is 0. The molecule has 0 heteroatoms. The molecule has 13 aromatic rings. The monoisotopic (exact) mass is 844 g/mol. The highest BCUT2D eigenvalue weighted by Crippen LogP contribution is 2.64. The third kappa shape index (κ3) is 4.97. The van der Waals surface area contributed by atoms with Gasteiger partial charge in [-0.25, -0.2) is 0 Å². The van der Waals surface area contributed by atoms with Crippen LogP contribution in [0.1, 0.15) is 22.3 Å². The number of fused-ring (bicyclic) bond motifs is 18. The van der Waals surface area contributed by atoms with Gasteiger partial charge in [0.1, 0.15) is 0 Å². The molecule has 0 bridgehead atoms. The lowest BCUT2D eigenvalue weighted by molar-refractivity contribution is 0.802. The van der Waals surface area contributed by atoms with Crippen molar-refractivity contribution in [2.45, 2.75) is 5.41 Å². The molecule has 308 valence electrons. The second-order valence-corrected chi connectivity index (χ2v) is 18.6. The summed E-state index contributed by atoms with van der Waals surface area (Å²) in [5.41, 5.74) is 17.9. The second kappa shape index (κ2) is 13.7. The van der Waals surface area contributed by atoms with Gasteiger partial charge in [0, 0.05) is 0 Å². The Morgan fingerprint density at radius 2 is 0.716 bits per heavy atom. The summed E-state index contributed by atoms with van der Waals surface area (Å²) >= 11 is 0. The van der Waals surface area contributed by atoms with E-state index >= 15 is 0 Å². The first kappa shape index (κ1) is 36.7. The van der Waals surface area contributed by atoms with Crippen molar-refractivity contribution >= 4 is 64.6 Å². The van der Waals surface area contributed by atoms with Crippen molar-refractivity contribution in [1.82, 2.24) is 0 Å². The summed E-state index contributed by atoms with van der Waals surface area (Å²) in [5, 5.41) is 15.3. The van der Waals surface area contributed by atoms with E-state index < -0.39 is 5.41 Å². The minimum absolute atomic E-state index is 0.434. The van der Waals surface area contributed by atoms with Crippen LogP contribution in [0.2, 0.25) is 0 Å². The number of rotatable bonds is 3. The molecular formula is C67H40. The van der Waals surface area contributed by atoms with Crippen LogP contribution >= 0.6 is 0 Å². The van der Waals surface area contributed by atoms with Gasteiger partial charge in [0.2, 0.25) is 0 Å². The molecule has 0 atom stereocenters. The van der Waals surface area contributed by atoms with E-state index in [-0.39, 0.29) is 0 Å². The van der Waals surface area contributed by atoms with Gasteiger partial charge >= 0.3 is 0 Å². The van der Waals surface area contributed by atoms with E-state index in [1.165, 1.54) is 143 Å². The van der Waals surface area contributed by atoms with Crippen LogP contribution in [-0.4, -0.2) is 0 Å². The van der Waals surface area contributed by atoms with Crippen LogP contribution in [0.5, 0.6) is 0 Å². The van der Waals surface area contributed by atoms with E-state index in [9.17, 15) is 0 Å². The van der Waals surface area contributed by atoms with E-state index in [4.69, 9.17) is 0 Å². The molecule has 2 aliphatic rings. The van der Waals surface area contributed by atoms with Crippen molar-refractivity contribution in [2.24, 2.45) is 0 Å². The Kier molecular flexibility index (Phi) is 7.52. The SMILES string of the molecule is c1cc(-c2ccc3c4c(ccc3c2)-c2cc3ccccc3cc2C42c3ccccc3-c3ccccc32)cc(-c2c3ccccc3c(-c3cc4ccccc4c4ccccc34)c3ccccc23)c1. The summed E-state index contributed by atoms with van der Waals surface area (Å²) in [6.07, 6.45) is 0. The zero-order valence-corrected chi connectivity index (χ0v) is 36.6. The molecule has 0 heterocycles. The summed E-state index contributed by atoms with van der Waals surface area (Å²) in [6.45, 7) is 0. The topological polar surface area (TPSA) is 0 Å². The molecule has 1 spiro atoms. The van der Waals surface area contributed by atoms with Gasteiger partial charge in [0.05, 0.1) is 5.41 Å². The van der Waals surface area contributed by atoms with Crippen molar-refractivity contribution in [1.29, 1.82) is 0 Å². The maximum atomic E-state index is 2.49. The molecule has 0 amide bonds. The van der Waals surface area contributed by atoms with Crippen LogP contribution in [0, 0.1) is 0 Å². The summed E-state index contributed by atoms with van der Waals surface area (Å²) < 4.78 is 0. The first-order valence-electron chi connectivity index (χ1n) is 23.5. The third-order valence-corrected chi connectivity index (χ3v) is 15.4. The minimum atomic E-state index is -0.434. The summed E-state index contributed by atoms with van der Waals surface area (Å²) in [5.74, 6) is 0. The third-order valence-electron chi connectivity index (χ3n) is 15.4. The molecule has 0 fully saturated rings. The molecule has 13 aromatic carbocycles. The lowest BCUT2D eigenvalue weighted by atomic mass is 9.69. The van der Waals surface area contributed by atoms with Gasteiger partial charge in [0.15, 0.2) is 0 Å². The number of benzene rings is 13. The average Bonchev–Trinajstić information content (AvgIpc) is 3.86. The predicted molar refractivity (Wildman–Crippen MR) is 284 cm³/mol. The molecule has 0 unspecified atom stereocenters. The van der Waals surface area contributed by atoms with Gasteiger partial charge in [-0.3, -0.25) is 0 Å². The quantitative estimate of drug-likeness (QED) is 0.123. The fraction of sp³-hybridized carbons (Fsp3) is 0.0149. The largest absolute Gasteiger partial charge is 0.0731 e. The molecule has 2 aliphatic carbocycles. The molecular weight excluding hydrogens is 805 g/mol. The summed E-state index contributed by atoms with van der Waals surface area (Å²) in [4.78, 5) is 0. The Labute approximate surface area is 388 Å². The van der Waals surface area contributed by atoms with Crippen LogP contribution in [0.3, 0.4) is 0 Å². The molecule has 0 radical (unpaired) electrons. The van der Waals surface area contributed by atoms with E-state index in [0.29, 0.717) is 0 Å². The van der Waals surface area contributed by atoms with Crippen LogP contribution in [0.15, 0.2) is 243 Å². The average molecular weight is 845 g/mol. The first-order valence-corrected chi connectivity index (χ1v) is 23.5. The number of hydrogen-bond acceptors (Lipinski definition) is 0. The fourth-order valence-corrected chi connectivity index (χ4v) is 12.7. The molecule has 15 rings (SSSR count). The molecule has 0 aromatic heterocycles. The van der Waals surface area contributed by atoms with Crippen molar-refractivity contribution in [3.8, 4) is 55.6 Å². The lowest BCUT2D eigenvalue weighted by Crippen LogP contribution is -2.26. The van der Waals surface area contributed by atoms with Crippen molar-refractivity contribution in [2.75, 3.05) is 0 Å². The Balaban J connectivity index is 0.933. The van der Waals surface area contributed by atoms with Crippen molar-refractivity contribution < 1.29 is 0 Å². The highest BCUT2D eigenvalue weighted by Gasteiger charge is 2.52. The molecule has 67 heavy (non-hydrogen) atoms. The van der Waals surface area contributed by atoms with E-state index in [1.54, 1.807) is 0 Å².